The van der Waals surface area contributed by atoms with Crippen molar-refractivity contribution in [2.75, 3.05) is 39.6 Å². The fraction of sp³-hybridized carbons (Fsp3) is 0.943. The molecule has 0 bridgehead atoms. The second-order valence-electron chi connectivity index (χ2n) is 26.7. The second-order valence-corrected chi connectivity index (χ2v) is 29.6. The molecular weight excluding hydrogens is 1170 g/mol. The van der Waals surface area contributed by atoms with E-state index in [1.807, 2.05) is 0 Å². The number of carbonyl (C=O) groups excluding carboxylic acids is 4. The Balaban J connectivity index is 5.27. The van der Waals surface area contributed by atoms with E-state index in [9.17, 15) is 43.2 Å². The Bertz CT molecular complexity index is 1770. The van der Waals surface area contributed by atoms with E-state index in [0.717, 1.165) is 114 Å². The Hall–Kier alpha value is -1.94. The van der Waals surface area contributed by atoms with E-state index in [4.69, 9.17) is 37.0 Å². The molecule has 0 amide bonds. The van der Waals surface area contributed by atoms with Gasteiger partial charge in [0.25, 0.3) is 0 Å². The molecule has 89 heavy (non-hydrogen) atoms. The van der Waals surface area contributed by atoms with Gasteiger partial charge in [0.2, 0.25) is 0 Å². The molecule has 17 nitrogen and oxygen atoms in total. The van der Waals surface area contributed by atoms with Crippen LogP contribution < -0.4 is 0 Å². The van der Waals surface area contributed by atoms with Gasteiger partial charge in [-0.05, 0) is 49.4 Å². The molecule has 0 rings (SSSR count). The molecule has 0 aromatic heterocycles. The number of aliphatic hydroxyl groups excluding tert-OH is 1. The minimum absolute atomic E-state index is 0.104. The number of hydrogen-bond acceptors (Lipinski definition) is 15. The van der Waals surface area contributed by atoms with Gasteiger partial charge in [0.05, 0.1) is 26.4 Å². The zero-order valence-electron chi connectivity index (χ0n) is 58.1. The molecule has 7 atom stereocenters. The summed E-state index contributed by atoms with van der Waals surface area (Å²) < 4.78 is 68.3. The Morgan fingerprint density at radius 1 is 0.315 bits per heavy atom. The predicted octanol–water partition coefficient (Wildman–Crippen LogP) is 19.7. The van der Waals surface area contributed by atoms with E-state index in [-0.39, 0.29) is 25.7 Å². The topological polar surface area (TPSA) is 237 Å². The number of aliphatic hydroxyl groups is 1. The molecule has 0 heterocycles. The highest BCUT2D eigenvalue weighted by molar-refractivity contribution is 7.47. The third-order valence-electron chi connectivity index (χ3n) is 16.8. The molecule has 0 aliphatic heterocycles. The highest BCUT2D eigenvalue weighted by Crippen LogP contribution is 2.45. The number of phosphoric acid groups is 2. The Morgan fingerprint density at radius 3 is 0.798 bits per heavy atom. The van der Waals surface area contributed by atoms with Crippen molar-refractivity contribution in [3.63, 3.8) is 0 Å². The average molecular weight is 1310 g/mol. The van der Waals surface area contributed by atoms with Gasteiger partial charge in [-0.1, -0.05) is 293 Å². The SMILES string of the molecule is CCC(C)CCCCCCCCCCC(=O)OC[C@H](COP(=O)(O)OCC(O)COP(=O)(O)OC[C@@H](COC(=O)CCCCCCCCCC(C)C)OC(=O)CCCCCCCCCCC(C)CC)OC(=O)CCCCCCCCCCCCCCC(C)C. The smallest absolute Gasteiger partial charge is 0.462 e. The van der Waals surface area contributed by atoms with Gasteiger partial charge in [-0.2, -0.15) is 0 Å². The van der Waals surface area contributed by atoms with Crippen molar-refractivity contribution in [3.05, 3.63) is 0 Å². The van der Waals surface area contributed by atoms with E-state index >= 15 is 0 Å². The number of ether oxygens (including phenoxy) is 4. The summed E-state index contributed by atoms with van der Waals surface area (Å²) in [6.07, 6.45) is 41.6. The summed E-state index contributed by atoms with van der Waals surface area (Å²) in [4.78, 5) is 72.5. The van der Waals surface area contributed by atoms with E-state index in [1.54, 1.807) is 0 Å². The maximum Gasteiger partial charge on any atom is 0.472 e. The van der Waals surface area contributed by atoms with Gasteiger partial charge in [-0.3, -0.25) is 37.3 Å². The Morgan fingerprint density at radius 2 is 0.539 bits per heavy atom. The minimum Gasteiger partial charge on any atom is -0.462 e. The summed E-state index contributed by atoms with van der Waals surface area (Å²) in [6, 6.07) is 0. The second kappa shape index (κ2) is 59.8. The number of hydrogen-bond donors (Lipinski definition) is 3. The monoisotopic (exact) mass is 1310 g/mol. The molecule has 0 saturated carbocycles. The molecule has 528 valence electrons. The van der Waals surface area contributed by atoms with Gasteiger partial charge in [0.1, 0.15) is 19.3 Å². The van der Waals surface area contributed by atoms with Gasteiger partial charge >= 0.3 is 39.5 Å². The Kier molecular flexibility index (Phi) is 58.5. The van der Waals surface area contributed by atoms with Crippen LogP contribution >= 0.6 is 15.6 Å². The largest absolute Gasteiger partial charge is 0.472 e. The van der Waals surface area contributed by atoms with E-state index in [2.05, 4.69) is 55.4 Å². The first-order valence-electron chi connectivity index (χ1n) is 36.3. The molecule has 0 radical (unpaired) electrons. The van der Waals surface area contributed by atoms with Crippen LogP contribution in [-0.4, -0.2) is 96.7 Å². The molecule has 0 fully saturated rings. The van der Waals surface area contributed by atoms with Crippen molar-refractivity contribution >= 4 is 39.5 Å². The highest BCUT2D eigenvalue weighted by Gasteiger charge is 2.30. The average Bonchev–Trinajstić information content (AvgIpc) is 3.71. The number of esters is 4. The van der Waals surface area contributed by atoms with Gasteiger partial charge in [-0.15, -0.1) is 0 Å². The van der Waals surface area contributed by atoms with E-state index in [1.165, 1.54) is 141 Å². The maximum atomic E-state index is 13.0. The number of unbranched alkanes of at least 4 members (excludes halogenated alkanes) is 31. The third-order valence-corrected chi connectivity index (χ3v) is 18.7. The molecule has 0 aromatic carbocycles. The van der Waals surface area contributed by atoms with E-state index in [0.29, 0.717) is 31.6 Å². The standard InChI is InChI=1S/C70H136O17P2/c1-9-62(7)48-40-32-24-17-19-26-34-42-50-67(72)80-56-65(86-69(74)52-44-36-27-16-14-12-11-13-15-22-30-38-46-60(3)4)58-84-88(76,77)82-54-64(71)55-83-89(78,79)85-59-66(57-81-68(73)51-43-35-29-21-23-31-39-47-61(5)6)87-70(75)53-45-37-28-20-18-25-33-41-49-63(8)10-2/h60-66,71H,9-59H2,1-8H3,(H,76,77)(H,78,79)/t62?,63?,64?,65-,66-/m1/s1. The third kappa shape index (κ3) is 62.0. The van der Waals surface area contributed by atoms with Crippen LogP contribution in [0, 0.1) is 23.7 Å². The van der Waals surface area contributed by atoms with Crippen LogP contribution in [0.25, 0.3) is 0 Å². The fourth-order valence-corrected chi connectivity index (χ4v) is 12.0. The Labute approximate surface area is 543 Å². The fourth-order valence-electron chi connectivity index (χ4n) is 10.4. The first-order chi connectivity index (χ1) is 42.7. The zero-order chi connectivity index (χ0) is 66.1. The minimum atomic E-state index is -4.95. The lowest BCUT2D eigenvalue weighted by atomic mass is 9.99. The number of carbonyl (C=O) groups is 4. The van der Waals surface area contributed by atoms with Gasteiger partial charge in [0, 0.05) is 25.7 Å². The van der Waals surface area contributed by atoms with Crippen molar-refractivity contribution in [2.45, 2.75) is 363 Å². The molecule has 19 heteroatoms. The van der Waals surface area contributed by atoms with Crippen LogP contribution in [0.2, 0.25) is 0 Å². The molecule has 0 spiro atoms. The number of rotatable bonds is 67. The highest BCUT2D eigenvalue weighted by atomic mass is 31.2. The molecule has 5 unspecified atom stereocenters. The van der Waals surface area contributed by atoms with Crippen LogP contribution in [0.3, 0.4) is 0 Å². The van der Waals surface area contributed by atoms with Crippen molar-refractivity contribution in [3.8, 4) is 0 Å². The summed E-state index contributed by atoms with van der Waals surface area (Å²) in [5, 5.41) is 10.6. The lowest BCUT2D eigenvalue weighted by Gasteiger charge is -2.21. The van der Waals surface area contributed by atoms with Crippen molar-refractivity contribution in [2.24, 2.45) is 23.7 Å². The molecule has 0 aliphatic carbocycles. The first kappa shape index (κ1) is 87.1. The van der Waals surface area contributed by atoms with Crippen LogP contribution in [0.1, 0.15) is 344 Å². The molecular formula is C70H136O17P2. The summed E-state index contributed by atoms with van der Waals surface area (Å²) in [5.74, 6) is 0.898. The molecule has 3 N–H and O–H groups in total. The van der Waals surface area contributed by atoms with Crippen molar-refractivity contribution in [1.29, 1.82) is 0 Å². The van der Waals surface area contributed by atoms with Gasteiger partial charge in [-0.25, -0.2) is 9.13 Å². The lowest BCUT2D eigenvalue weighted by Crippen LogP contribution is -2.30. The van der Waals surface area contributed by atoms with Crippen LogP contribution in [0.15, 0.2) is 0 Å². The lowest BCUT2D eigenvalue weighted by molar-refractivity contribution is -0.161. The molecule has 0 saturated heterocycles. The van der Waals surface area contributed by atoms with Crippen LogP contribution in [0.4, 0.5) is 0 Å². The summed E-state index contributed by atoms with van der Waals surface area (Å²) in [5.41, 5.74) is 0. The van der Waals surface area contributed by atoms with E-state index < -0.39 is 97.5 Å². The summed E-state index contributed by atoms with van der Waals surface area (Å²) >= 11 is 0. The first-order valence-corrected chi connectivity index (χ1v) is 39.3. The van der Waals surface area contributed by atoms with Crippen molar-refractivity contribution in [1.82, 2.24) is 0 Å². The van der Waals surface area contributed by atoms with Crippen LogP contribution in [-0.2, 0) is 65.4 Å². The quantitative estimate of drug-likeness (QED) is 0.0222. The van der Waals surface area contributed by atoms with Gasteiger partial charge < -0.3 is 33.8 Å². The normalized spacial score (nSPS) is 14.9. The van der Waals surface area contributed by atoms with Gasteiger partial charge in [0.15, 0.2) is 12.2 Å². The molecule has 0 aromatic rings. The zero-order valence-corrected chi connectivity index (χ0v) is 59.8. The maximum absolute atomic E-state index is 13.0. The summed E-state index contributed by atoms with van der Waals surface area (Å²) in [6.45, 7) is 14.1. The van der Waals surface area contributed by atoms with Crippen molar-refractivity contribution < 1.29 is 80.2 Å². The number of phosphoric ester groups is 2. The van der Waals surface area contributed by atoms with Crippen LogP contribution in [0.5, 0.6) is 0 Å². The predicted molar refractivity (Wildman–Crippen MR) is 358 cm³/mol. The summed E-state index contributed by atoms with van der Waals surface area (Å²) in [7, 11) is -9.90. The molecule has 0 aliphatic rings.